The summed E-state index contributed by atoms with van der Waals surface area (Å²) in [4.78, 5) is 13.3. The smallest absolute Gasteiger partial charge is 0.229 e. The van der Waals surface area contributed by atoms with Gasteiger partial charge in [0.15, 0.2) is 30.6 Å². The minimum absolute atomic E-state index is 0.000590. The summed E-state index contributed by atoms with van der Waals surface area (Å²) in [5.41, 5.74) is 0.363. The second-order valence-corrected chi connectivity index (χ2v) is 18.2. The van der Waals surface area contributed by atoms with Crippen molar-refractivity contribution < 1.29 is 139 Å². The minimum Gasteiger partial charge on any atom is -0.508 e. The van der Waals surface area contributed by atoms with Gasteiger partial charge in [0.2, 0.25) is 6.29 Å². The Balaban J connectivity index is 0.876. The summed E-state index contributed by atoms with van der Waals surface area (Å²) in [6.07, 6.45) is -45.3. The first-order valence-electron chi connectivity index (χ1n) is 23.3. The van der Waals surface area contributed by atoms with Gasteiger partial charge >= 0.3 is 0 Å². The Hall–Kier alpha value is -3.75. The number of hydrogen-bond donors (Lipinski definition) is 17. The Kier molecular flexibility index (Phi) is 18.2. The van der Waals surface area contributed by atoms with Gasteiger partial charge in [0.25, 0.3) is 0 Å². The highest BCUT2D eigenvalue weighted by molar-refractivity contribution is 5.82. The second-order valence-electron chi connectivity index (χ2n) is 18.2. The van der Waals surface area contributed by atoms with Crippen LogP contribution < -0.4 is 10.2 Å². The molecule has 17 N–H and O–H groups in total. The van der Waals surface area contributed by atoms with E-state index >= 15 is 0 Å². The molecule has 0 unspecified atom stereocenters. The Morgan fingerprint density at radius 1 is 0.419 bits per heavy atom. The molecule has 414 valence electrons. The number of ether oxygens (including phenoxy) is 10. The third kappa shape index (κ3) is 11.2. The summed E-state index contributed by atoms with van der Waals surface area (Å²) in [6.45, 7) is -4.65. The Morgan fingerprint density at radius 2 is 0.784 bits per heavy atom. The van der Waals surface area contributed by atoms with E-state index in [0.29, 0.717) is 5.56 Å². The van der Waals surface area contributed by atoms with Crippen LogP contribution in [0.2, 0.25) is 0 Å². The third-order valence-electron chi connectivity index (χ3n) is 13.5. The standard InChI is InChI=1S/C45H60O29/c46-8-20-26(53)27(54)32(59)42(66-20)71-38-22(10-48)68-44(34(61)29(38)56)73-40-24(12-50)70-45(36(63)31(40)58)74-39-23(11-49)69-43(35(62)30(39)57)72-37-21(9-47)67-41(33(60)28(37)55)65-16-5-6-17-19(7-16)64-13-18(25(17)52)14-1-3-15(51)4-2-14/h1-7,13,20-24,26-51,53-63H,8-12H2/t20-,21-,22-,23-,24-,26-,27+,28-,29-,30-,31-,32-,33-,34-,35-,36-,37-,38-,39-,40-,41-,42+,43+,44+,45+/m1/s1. The predicted octanol–water partition coefficient (Wildman–Crippen LogP) is -8.36. The first kappa shape index (κ1) is 56.5. The second kappa shape index (κ2) is 23.9. The number of aliphatic hydroxyl groups excluding tert-OH is 16. The van der Waals surface area contributed by atoms with Crippen LogP contribution in [0.1, 0.15) is 0 Å². The lowest BCUT2D eigenvalue weighted by molar-refractivity contribution is -0.392. The number of fused-ring (bicyclic) bond motifs is 1. The predicted molar refractivity (Wildman–Crippen MR) is 235 cm³/mol. The van der Waals surface area contributed by atoms with Gasteiger partial charge < -0.3 is 139 Å². The van der Waals surface area contributed by atoms with Gasteiger partial charge in [0, 0.05) is 6.07 Å². The molecular formula is C45H60O29. The van der Waals surface area contributed by atoms with E-state index < -0.39 is 192 Å². The van der Waals surface area contributed by atoms with Gasteiger partial charge in [-0.15, -0.1) is 0 Å². The fraction of sp³-hybridized carbons (Fsp3) is 0.667. The molecule has 29 heteroatoms. The molecule has 29 nitrogen and oxygen atoms in total. The summed E-state index contributed by atoms with van der Waals surface area (Å²) in [5, 5.41) is 180. The molecule has 6 heterocycles. The van der Waals surface area contributed by atoms with Crippen LogP contribution in [0.5, 0.6) is 11.5 Å². The van der Waals surface area contributed by atoms with Crippen molar-refractivity contribution in [2.75, 3.05) is 33.0 Å². The van der Waals surface area contributed by atoms with E-state index in [0.717, 1.165) is 0 Å². The van der Waals surface area contributed by atoms with Crippen LogP contribution in [0.3, 0.4) is 0 Å². The van der Waals surface area contributed by atoms with Crippen LogP contribution in [0, 0.1) is 0 Å². The fourth-order valence-corrected chi connectivity index (χ4v) is 9.27. The lowest BCUT2D eigenvalue weighted by atomic mass is 9.95. The van der Waals surface area contributed by atoms with Crippen molar-refractivity contribution >= 4 is 11.0 Å². The number of benzene rings is 2. The molecule has 5 aliphatic rings. The van der Waals surface area contributed by atoms with Gasteiger partial charge in [-0.25, -0.2) is 0 Å². The molecule has 0 saturated carbocycles. The third-order valence-corrected chi connectivity index (χ3v) is 13.5. The topological polar surface area (TPSA) is 466 Å². The minimum atomic E-state index is -2.16. The molecule has 0 aliphatic carbocycles. The molecule has 0 bridgehead atoms. The van der Waals surface area contributed by atoms with Crippen molar-refractivity contribution in [3.05, 3.63) is 59.0 Å². The van der Waals surface area contributed by atoms with E-state index in [9.17, 15) is 91.6 Å². The van der Waals surface area contributed by atoms with Crippen molar-refractivity contribution in [3.63, 3.8) is 0 Å². The van der Waals surface area contributed by atoms with Crippen molar-refractivity contribution in [3.8, 4) is 22.6 Å². The molecule has 5 saturated heterocycles. The van der Waals surface area contributed by atoms with E-state index in [2.05, 4.69) is 0 Å². The lowest BCUT2D eigenvalue weighted by Crippen LogP contribution is -2.68. The largest absolute Gasteiger partial charge is 0.508 e. The average molecular weight is 1060 g/mol. The highest BCUT2D eigenvalue weighted by Crippen LogP contribution is 2.36. The van der Waals surface area contributed by atoms with Gasteiger partial charge in [0.05, 0.1) is 44.0 Å². The highest BCUT2D eigenvalue weighted by atomic mass is 16.8. The molecule has 0 spiro atoms. The summed E-state index contributed by atoms with van der Waals surface area (Å²) in [7, 11) is 0. The molecular weight excluding hydrogens is 1000 g/mol. The van der Waals surface area contributed by atoms with E-state index in [1.54, 1.807) is 0 Å². The normalized spacial score (nSPS) is 43.1. The number of phenols is 1. The molecule has 5 aliphatic heterocycles. The van der Waals surface area contributed by atoms with Gasteiger partial charge in [-0.2, -0.15) is 0 Å². The molecule has 5 fully saturated rings. The van der Waals surface area contributed by atoms with Crippen molar-refractivity contribution in [1.29, 1.82) is 0 Å². The van der Waals surface area contributed by atoms with Crippen LogP contribution in [-0.4, -0.2) is 273 Å². The van der Waals surface area contributed by atoms with Gasteiger partial charge in [0.1, 0.15) is 145 Å². The van der Waals surface area contributed by atoms with Crippen LogP contribution in [-0.2, 0) is 42.6 Å². The SMILES string of the molecule is O=c1c(-c2ccc(O)cc2)coc2cc(O[C@@H]3O[C@H](CO)[C@@H](O[C@@H]4O[C@H](CO)[C@@H](O[C@@H]5O[C@H](CO)[C@@H](O[C@@H]6O[C@H](CO)[C@@H](O[C@@H]7O[C@H](CO)[C@@H](O)[C@H](O)[C@H]7O)[C@H](O)[C@H]6O)[C@H](O)[C@H]5O)[C@H](O)[C@H]4O)[C@H](O)[C@H]3O)ccc12. The number of aromatic hydroxyl groups is 1. The van der Waals surface area contributed by atoms with Crippen LogP contribution in [0.4, 0.5) is 0 Å². The van der Waals surface area contributed by atoms with E-state index in [1.807, 2.05) is 0 Å². The molecule has 74 heavy (non-hydrogen) atoms. The molecule has 0 amide bonds. The number of hydrogen-bond acceptors (Lipinski definition) is 29. The quantitative estimate of drug-likeness (QED) is 0.0633. The zero-order chi connectivity index (χ0) is 53.4. The summed E-state index contributed by atoms with van der Waals surface area (Å²) in [5.74, 6) is -0.00291. The monoisotopic (exact) mass is 1060 g/mol. The van der Waals surface area contributed by atoms with E-state index in [-0.39, 0.29) is 28.0 Å². The number of phenolic OH excluding ortho intramolecular Hbond substituents is 1. The van der Waals surface area contributed by atoms with Crippen LogP contribution >= 0.6 is 0 Å². The van der Waals surface area contributed by atoms with Crippen LogP contribution in [0.25, 0.3) is 22.1 Å². The maximum absolute atomic E-state index is 13.3. The summed E-state index contributed by atoms with van der Waals surface area (Å²) >= 11 is 0. The average Bonchev–Trinajstić information content (AvgIpc) is 3.40. The summed E-state index contributed by atoms with van der Waals surface area (Å²) < 4.78 is 62.0. The van der Waals surface area contributed by atoms with Crippen molar-refractivity contribution in [1.82, 2.24) is 0 Å². The Bertz CT molecular complexity index is 2330. The van der Waals surface area contributed by atoms with E-state index in [1.165, 1.54) is 48.7 Å². The molecule has 3 aromatic rings. The maximum atomic E-state index is 13.3. The zero-order valence-corrected chi connectivity index (χ0v) is 38.6. The molecule has 1 aromatic heterocycles. The number of rotatable bonds is 16. The van der Waals surface area contributed by atoms with Crippen molar-refractivity contribution in [2.45, 2.75) is 154 Å². The maximum Gasteiger partial charge on any atom is 0.229 e. The van der Waals surface area contributed by atoms with Crippen LogP contribution in [0.15, 0.2) is 57.9 Å². The van der Waals surface area contributed by atoms with Gasteiger partial charge in [-0.3, -0.25) is 4.79 Å². The first-order chi connectivity index (χ1) is 35.3. The highest BCUT2D eigenvalue weighted by Gasteiger charge is 2.56. The first-order valence-corrected chi connectivity index (χ1v) is 23.3. The van der Waals surface area contributed by atoms with Gasteiger partial charge in [-0.05, 0) is 29.8 Å². The molecule has 2 aromatic carbocycles. The Labute approximate surface area is 417 Å². The zero-order valence-electron chi connectivity index (χ0n) is 38.6. The Morgan fingerprint density at radius 3 is 1.19 bits per heavy atom. The number of aliphatic hydroxyl groups is 16. The molecule has 25 atom stereocenters. The van der Waals surface area contributed by atoms with Crippen molar-refractivity contribution in [2.24, 2.45) is 0 Å². The molecule has 8 rings (SSSR count). The summed E-state index contributed by atoms with van der Waals surface area (Å²) in [6, 6.07) is 9.94. The fourth-order valence-electron chi connectivity index (χ4n) is 9.27. The lowest BCUT2D eigenvalue weighted by Gasteiger charge is -2.49. The van der Waals surface area contributed by atoms with E-state index in [4.69, 9.17) is 51.8 Å². The van der Waals surface area contributed by atoms with Gasteiger partial charge in [-0.1, -0.05) is 12.1 Å². The molecule has 0 radical (unpaired) electrons.